The van der Waals surface area contributed by atoms with Crippen molar-refractivity contribution < 1.29 is 19.1 Å². The van der Waals surface area contributed by atoms with Gasteiger partial charge in [0, 0.05) is 16.4 Å². The molecule has 0 radical (unpaired) electrons. The van der Waals surface area contributed by atoms with Gasteiger partial charge in [-0.05, 0) is 37.1 Å². The molecule has 114 valence electrons. The SMILES string of the molecule is O=C(O)Cc1sc(NC(=O)C2CC2)nc1-c1ccc(F)cc1. The highest BCUT2D eigenvalue weighted by molar-refractivity contribution is 7.16. The van der Waals surface area contributed by atoms with E-state index in [0.717, 1.165) is 24.2 Å². The fraction of sp³-hybridized carbons (Fsp3) is 0.267. The van der Waals surface area contributed by atoms with Crippen molar-refractivity contribution in [2.75, 3.05) is 5.32 Å². The second kappa shape index (κ2) is 5.84. The molecule has 0 aliphatic heterocycles. The van der Waals surface area contributed by atoms with Crippen molar-refractivity contribution >= 4 is 28.3 Å². The number of carbonyl (C=O) groups excluding carboxylic acids is 1. The highest BCUT2D eigenvalue weighted by Gasteiger charge is 2.30. The van der Waals surface area contributed by atoms with Crippen molar-refractivity contribution in [3.8, 4) is 11.3 Å². The summed E-state index contributed by atoms with van der Waals surface area (Å²) in [5, 5.41) is 12.1. The number of amides is 1. The van der Waals surface area contributed by atoms with Crippen molar-refractivity contribution in [2.24, 2.45) is 5.92 Å². The lowest BCUT2D eigenvalue weighted by Crippen LogP contribution is -2.12. The molecule has 1 heterocycles. The second-order valence-electron chi connectivity index (χ2n) is 5.13. The Balaban J connectivity index is 1.91. The van der Waals surface area contributed by atoms with Crippen molar-refractivity contribution in [3.05, 3.63) is 35.0 Å². The van der Waals surface area contributed by atoms with Gasteiger partial charge in [0.05, 0.1) is 12.1 Å². The topological polar surface area (TPSA) is 79.3 Å². The van der Waals surface area contributed by atoms with Gasteiger partial charge in [0.2, 0.25) is 5.91 Å². The number of carboxylic acid groups (broad SMARTS) is 1. The third kappa shape index (κ3) is 3.30. The molecule has 7 heteroatoms. The molecule has 0 atom stereocenters. The number of halogens is 1. The van der Waals surface area contributed by atoms with Crippen LogP contribution in [0.25, 0.3) is 11.3 Å². The highest BCUT2D eigenvalue weighted by atomic mass is 32.1. The predicted molar refractivity (Wildman–Crippen MR) is 80.2 cm³/mol. The molecule has 0 saturated heterocycles. The van der Waals surface area contributed by atoms with Crippen LogP contribution in [0, 0.1) is 11.7 Å². The van der Waals surface area contributed by atoms with Gasteiger partial charge >= 0.3 is 5.97 Å². The fourth-order valence-corrected chi connectivity index (χ4v) is 3.03. The smallest absolute Gasteiger partial charge is 0.308 e. The molecule has 2 aromatic rings. The Hall–Kier alpha value is -2.28. The molecule has 1 amide bonds. The van der Waals surface area contributed by atoms with Gasteiger partial charge < -0.3 is 10.4 Å². The Bertz CT molecular complexity index is 723. The molecule has 0 bridgehead atoms. The first-order valence-electron chi connectivity index (χ1n) is 6.81. The number of carboxylic acids is 1. The summed E-state index contributed by atoms with van der Waals surface area (Å²) in [4.78, 5) is 27.6. The number of carbonyl (C=O) groups is 2. The number of nitrogens with one attached hydrogen (secondary N) is 1. The van der Waals surface area contributed by atoms with E-state index in [4.69, 9.17) is 5.11 Å². The third-order valence-electron chi connectivity index (χ3n) is 3.31. The lowest BCUT2D eigenvalue weighted by Gasteiger charge is -2.00. The zero-order chi connectivity index (χ0) is 15.7. The highest BCUT2D eigenvalue weighted by Crippen LogP contribution is 2.34. The Morgan fingerprint density at radius 2 is 2.00 bits per heavy atom. The third-order valence-corrected chi connectivity index (χ3v) is 4.28. The molecular formula is C15H13FN2O3S. The van der Waals surface area contributed by atoms with Crippen LogP contribution < -0.4 is 5.32 Å². The summed E-state index contributed by atoms with van der Waals surface area (Å²) >= 11 is 1.14. The molecule has 5 nitrogen and oxygen atoms in total. The molecule has 2 N–H and O–H groups in total. The van der Waals surface area contributed by atoms with Crippen LogP contribution in [-0.4, -0.2) is 22.0 Å². The standard InChI is InChI=1S/C15H13FN2O3S/c16-10-5-3-8(4-6-10)13-11(7-12(19)20)22-15(17-13)18-14(21)9-1-2-9/h3-6,9H,1-2,7H2,(H,19,20)(H,17,18,21). The largest absolute Gasteiger partial charge is 0.481 e. The predicted octanol–water partition coefficient (Wildman–Crippen LogP) is 2.92. The summed E-state index contributed by atoms with van der Waals surface area (Å²) in [5.74, 6) is -1.39. The second-order valence-corrected chi connectivity index (χ2v) is 6.22. The van der Waals surface area contributed by atoms with E-state index in [-0.39, 0.29) is 24.1 Å². The van der Waals surface area contributed by atoms with E-state index in [9.17, 15) is 14.0 Å². The maximum atomic E-state index is 13.0. The summed E-state index contributed by atoms with van der Waals surface area (Å²) in [6, 6.07) is 5.67. The first kappa shape index (κ1) is 14.6. The quantitative estimate of drug-likeness (QED) is 0.888. The Labute approximate surface area is 129 Å². The van der Waals surface area contributed by atoms with E-state index in [0.29, 0.717) is 21.3 Å². The van der Waals surface area contributed by atoms with Gasteiger partial charge in [-0.3, -0.25) is 9.59 Å². The molecule has 0 spiro atoms. The number of anilines is 1. The summed E-state index contributed by atoms with van der Waals surface area (Å²) in [7, 11) is 0. The maximum absolute atomic E-state index is 13.0. The zero-order valence-corrected chi connectivity index (χ0v) is 12.3. The molecule has 1 saturated carbocycles. The Morgan fingerprint density at radius 1 is 1.32 bits per heavy atom. The van der Waals surface area contributed by atoms with Crippen LogP contribution >= 0.6 is 11.3 Å². The number of nitrogens with zero attached hydrogens (tertiary/aromatic N) is 1. The van der Waals surface area contributed by atoms with Gasteiger partial charge in [0.25, 0.3) is 0 Å². The summed E-state index contributed by atoms with van der Waals surface area (Å²) in [6.45, 7) is 0. The van der Waals surface area contributed by atoms with E-state index in [1.807, 2.05) is 0 Å². The van der Waals surface area contributed by atoms with Crippen molar-refractivity contribution in [1.29, 1.82) is 0 Å². The summed E-state index contributed by atoms with van der Waals surface area (Å²) < 4.78 is 13.0. The molecule has 1 aliphatic carbocycles. The number of benzene rings is 1. The average Bonchev–Trinajstić information content (AvgIpc) is 3.24. The molecule has 1 fully saturated rings. The van der Waals surface area contributed by atoms with Crippen LogP contribution in [-0.2, 0) is 16.0 Å². The molecule has 1 aliphatic rings. The number of hydrogen-bond donors (Lipinski definition) is 2. The lowest BCUT2D eigenvalue weighted by molar-refractivity contribution is -0.136. The van der Waals surface area contributed by atoms with Gasteiger partial charge in [-0.25, -0.2) is 9.37 Å². The molecule has 0 unspecified atom stereocenters. The van der Waals surface area contributed by atoms with Gasteiger partial charge in [0.1, 0.15) is 5.82 Å². The minimum atomic E-state index is -0.980. The number of rotatable bonds is 5. The Kier molecular flexibility index (Phi) is 3.89. The van der Waals surface area contributed by atoms with Crippen LogP contribution in [0.1, 0.15) is 17.7 Å². The van der Waals surface area contributed by atoms with Crippen LogP contribution in [0.5, 0.6) is 0 Å². The lowest BCUT2D eigenvalue weighted by atomic mass is 10.1. The monoisotopic (exact) mass is 320 g/mol. The zero-order valence-electron chi connectivity index (χ0n) is 11.5. The number of aromatic nitrogens is 1. The fourth-order valence-electron chi connectivity index (χ4n) is 2.05. The van der Waals surface area contributed by atoms with E-state index in [2.05, 4.69) is 10.3 Å². The van der Waals surface area contributed by atoms with E-state index < -0.39 is 5.97 Å². The van der Waals surface area contributed by atoms with Crippen LogP contribution in [0.2, 0.25) is 0 Å². The summed E-state index contributed by atoms with van der Waals surface area (Å²) in [6.07, 6.45) is 1.57. The van der Waals surface area contributed by atoms with Crippen molar-refractivity contribution in [2.45, 2.75) is 19.3 Å². The molecule has 1 aromatic heterocycles. The number of aliphatic carboxylic acids is 1. The van der Waals surface area contributed by atoms with Crippen molar-refractivity contribution in [3.63, 3.8) is 0 Å². The normalized spacial score (nSPS) is 13.9. The maximum Gasteiger partial charge on any atom is 0.308 e. The van der Waals surface area contributed by atoms with Crippen LogP contribution in [0.15, 0.2) is 24.3 Å². The average molecular weight is 320 g/mol. The van der Waals surface area contributed by atoms with E-state index in [1.54, 1.807) is 12.1 Å². The van der Waals surface area contributed by atoms with Gasteiger partial charge in [-0.15, -0.1) is 11.3 Å². The Morgan fingerprint density at radius 3 is 2.59 bits per heavy atom. The van der Waals surface area contributed by atoms with Gasteiger partial charge in [0.15, 0.2) is 5.13 Å². The molecule has 1 aromatic carbocycles. The number of hydrogen-bond acceptors (Lipinski definition) is 4. The molecule has 22 heavy (non-hydrogen) atoms. The first-order chi connectivity index (χ1) is 10.5. The van der Waals surface area contributed by atoms with Gasteiger partial charge in [-0.2, -0.15) is 0 Å². The first-order valence-corrected chi connectivity index (χ1v) is 7.63. The van der Waals surface area contributed by atoms with Crippen molar-refractivity contribution in [1.82, 2.24) is 4.98 Å². The van der Waals surface area contributed by atoms with Crippen LogP contribution in [0.3, 0.4) is 0 Å². The molecular weight excluding hydrogens is 307 g/mol. The van der Waals surface area contributed by atoms with Gasteiger partial charge in [-0.1, -0.05) is 0 Å². The molecule has 3 rings (SSSR count). The minimum absolute atomic E-state index is 0.0427. The number of thiazole rings is 1. The minimum Gasteiger partial charge on any atom is -0.481 e. The van der Waals surface area contributed by atoms with E-state index >= 15 is 0 Å². The van der Waals surface area contributed by atoms with E-state index in [1.165, 1.54) is 12.1 Å². The van der Waals surface area contributed by atoms with Crippen LogP contribution in [0.4, 0.5) is 9.52 Å². The summed E-state index contributed by atoms with van der Waals surface area (Å²) in [5.41, 5.74) is 1.10.